The first-order chi connectivity index (χ1) is 15.7. The monoisotopic (exact) mass is 469 g/mol. The Morgan fingerprint density at radius 3 is 2.21 bits per heavy atom. The second-order valence-corrected chi connectivity index (χ2v) is 9.66. The number of Topliss-reactive ketones (excluding diaryl/α,β-unsaturated/α-hetero) is 1. The molecular formula is C26H28ClNO5. The number of hydrogen-bond donors (Lipinski definition) is 0. The van der Waals surface area contributed by atoms with Crippen molar-refractivity contribution in [3.05, 3.63) is 58.3 Å². The van der Waals surface area contributed by atoms with Gasteiger partial charge in [-0.1, -0.05) is 31.5 Å². The average Bonchev–Trinajstić information content (AvgIpc) is 2.76. The van der Waals surface area contributed by atoms with E-state index in [2.05, 4.69) is 13.8 Å². The molecule has 6 nitrogen and oxygen atoms in total. The molecule has 4 rings (SSSR count). The Morgan fingerprint density at radius 2 is 1.64 bits per heavy atom. The van der Waals surface area contributed by atoms with Crippen LogP contribution in [0.5, 0.6) is 17.2 Å². The van der Waals surface area contributed by atoms with Gasteiger partial charge in [-0.25, -0.2) is 0 Å². The molecule has 0 aromatic heterocycles. The van der Waals surface area contributed by atoms with Gasteiger partial charge < -0.3 is 14.2 Å². The van der Waals surface area contributed by atoms with E-state index in [0.29, 0.717) is 46.4 Å². The van der Waals surface area contributed by atoms with Gasteiger partial charge >= 0.3 is 0 Å². The fourth-order valence-corrected chi connectivity index (χ4v) is 5.10. The van der Waals surface area contributed by atoms with Crippen LogP contribution >= 0.6 is 11.6 Å². The van der Waals surface area contributed by atoms with Crippen molar-refractivity contribution in [1.82, 2.24) is 0 Å². The summed E-state index contributed by atoms with van der Waals surface area (Å²) < 4.78 is 16.5. The SMILES string of the molecule is COc1cc(C2CC(=O)N(c3cccc(Cl)c3)C3=C2C(=O)CC(C)(C)C3)cc(OC)c1OC. The quantitative estimate of drug-likeness (QED) is 0.576. The standard InChI is InChI=1S/C26H28ClNO5/c1-26(2)13-19-24(20(29)14-26)18(12-23(30)28(19)17-8-6-7-16(27)11-17)15-9-21(31-3)25(33-5)22(10-15)32-4/h6-11,18H,12-14H2,1-5H3. The molecule has 1 heterocycles. The lowest BCUT2D eigenvalue weighted by Gasteiger charge is -2.43. The number of ketones is 1. The summed E-state index contributed by atoms with van der Waals surface area (Å²) in [6.07, 6.45) is 1.17. The molecule has 0 bridgehead atoms. The molecule has 1 aliphatic carbocycles. The van der Waals surface area contributed by atoms with Crippen LogP contribution in [0.1, 0.15) is 44.6 Å². The molecule has 0 fully saturated rings. The second kappa shape index (κ2) is 8.75. The summed E-state index contributed by atoms with van der Waals surface area (Å²) in [5, 5.41) is 0.538. The number of carbonyl (C=O) groups excluding carboxylic acids is 2. The smallest absolute Gasteiger partial charge is 0.232 e. The molecule has 174 valence electrons. The third-order valence-electron chi connectivity index (χ3n) is 6.30. The first kappa shape index (κ1) is 23.2. The molecule has 33 heavy (non-hydrogen) atoms. The highest BCUT2D eigenvalue weighted by molar-refractivity contribution is 6.31. The number of amides is 1. The molecule has 1 atom stereocenters. The molecule has 2 aliphatic rings. The third kappa shape index (κ3) is 4.20. The number of ether oxygens (including phenoxy) is 3. The van der Waals surface area contributed by atoms with Gasteiger partial charge in [0, 0.05) is 35.1 Å². The van der Waals surface area contributed by atoms with Crippen molar-refractivity contribution < 1.29 is 23.8 Å². The molecule has 0 saturated heterocycles. The molecule has 0 spiro atoms. The summed E-state index contributed by atoms with van der Waals surface area (Å²) in [5.41, 5.74) is 2.61. The van der Waals surface area contributed by atoms with E-state index in [1.807, 2.05) is 24.3 Å². The van der Waals surface area contributed by atoms with Crippen molar-refractivity contribution in [1.29, 1.82) is 0 Å². The fourth-order valence-electron chi connectivity index (χ4n) is 4.92. The van der Waals surface area contributed by atoms with Crippen LogP contribution in [0.25, 0.3) is 0 Å². The number of nitrogens with zero attached hydrogens (tertiary/aromatic N) is 1. The molecule has 7 heteroatoms. The predicted octanol–water partition coefficient (Wildman–Crippen LogP) is 5.53. The Labute approximate surface area is 199 Å². The molecule has 2 aromatic carbocycles. The Morgan fingerprint density at radius 1 is 0.970 bits per heavy atom. The zero-order chi connectivity index (χ0) is 23.9. The zero-order valence-corrected chi connectivity index (χ0v) is 20.3. The molecule has 1 amide bonds. The summed E-state index contributed by atoms with van der Waals surface area (Å²) in [6, 6.07) is 10.8. The number of anilines is 1. The van der Waals surface area contributed by atoms with Gasteiger partial charge in [0.1, 0.15) is 0 Å². The minimum Gasteiger partial charge on any atom is -0.493 e. The van der Waals surface area contributed by atoms with Gasteiger partial charge in [0.25, 0.3) is 0 Å². The van der Waals surface area contributed by atoms with Crippen LogP contribution < -0.4 is 19.1 Å². The van der Waals surface area contributed by atoms with Gasteiger partial charge in [-0.15, -0.1) is 0 Å². The number of benzene rings is 2. The number of hydrogen-bond acceptors (Lipinski definition) is 5. The average molecular weight is 470 g/mol. The topological polar surface area (TPSA) is 65.1 Å². The van der Waals surface area contributed by atoms with E-state index in [1.165, 1.54) is 0 Å². The van der Waals surface area contributed by atoms with E-state index in [4.69, 9.17) is 25.8 Å². The van der Waals surface area contributed by atoms with E-state index in [-0.39, 0.29) is 23.5 Å². The van der Waals surface area contributed by atoms with Crippen LogP contribution in [0.4, 0.5) is 5.69 Å². The highest BCUT2D eigenvalue weighted by Crippen LogP contribution is 2.50. The lowest BCUT2D eigenvalue weighted by Crippen LogP contribution is -2.43. The molecule has 1 aliphatic heterocycles. The summed E-state index contributed by atoms with van der Waals surface area (Å²) in [4.78, 5) is 28.7. The molecule has 0 saturated carbocycles. The van der Waals surface area contributed by atoms with Crippen LogP contribution in [0.3, 0.4) is 0 Å². The van der Waals surface area contributed by atoms with Crippen molar-refractivity contribution in [2.45, 2.75) is 39.0 Å². The molecule has 0 N–H and O–H groups in total. The van der Waals surface area contributed by atoms with Crippen LogP contribution in [-0.2, 0) is 9.59 Å². The van der Waals surface area contributed by atoms with Crippen molar-refractivity contribution in [2.75, 3.05) is 26.2 Å². The van der Waals surface area contributed by atoms with Crippen LogP contribution in [-0.4, -0.2) is 33.0 Å². The molecule has 0 radical (unpaired) electrons. The maximum atomic E-state index is 13.5. The van der Waals surface area contributed by atoms with Crippen LogP contribution in [0, 0.1) is 5.41 Å². The number of rotatable bonds is 5. The lowest BCUT2D eigenvalue weighted by atomic mass is 9.69. The van der Waals surface area contributed by atoms with Crippen molar-refractivity contribution in [3.8, 4) is 17.2 Å². The highest BCUT2D eigenvalue weighted by Gasteiger charge is 2.44. The van der Waals surface area contributed by atoms with Gasteiger partial charge in [0.05, 0.1) is 27.0 Å². The lowest BCUT2D eigenvalue weighted by molar-refractivity contribution is -0.121. The predicted molar refractivity (Wildman–Crippen MR) is 127 cm³/mol. The number of carbonyl (C=O) groups is 2. The normalized spacial score (nSPS) is 19.9. The minimum atomic E-state index is -0.403. The van der Waals surface area contributed by atoms with Crippen molar-refractivity contribution >= 4 is 29.0 Å². The van der Waals surface area contributed by atoms with Gasteiger partial charge in [0.15, 0.2) is 17.3 Å². The molecule has 2 aromatic rings. The van der Waals surface area contributed by atoms with Gasteiger partial charge in [-0.3, -0.25) is 14.5 Å². The van der Waals surface area contributed by atoms with E-state index in [9.17, 15) is 9.59 Å². The minimum absolute atomic E-state index is 0.0551. The van der Waals surface area contributed by atoms with E-state index < -0.39 is 5.92 Å². The first-order valence-corrected chi connectivity index (χ1v) is 11.2. The number of allylic oxidation sites excluding steroid dienone is 2. The second-order valence-electron chi connectivity index (χ2n) is 9.23. The molecular weight excluding hydrogens is 442 g/mol. The van der Waals surface area contributed by atoms with E-state index >= 15 is 0 Å². The number of halogens is 1. The Hall–Kier alpha value is -2.99. The van der Waals surface area contributed by atoms with Gasteiger partial charge in [-0.2, -0.15) is 0 Å². The Balaban J connectivity index is 1.92. The molecule has 1 unspecified atom stereocenters. The Kier molecular flexibility index (Phi) is 6.14. The van der Waals surface area contributed by atoms with E-state index in [0.717, 1.165) is 11.3 Å². The largest absolute Gasteiger partial charge is 0.493 e. The Bertz CT molecular complexity index is 1130. The highest BCUT2D eigenvalue weighted by atomic mass is 35.5. The summed E-state index contributed by atoms with van der Waals surface area (Å²) in [6.45, 7) is 4.11. The first-order valence-electron chi connectivity index (χ1n) is 10.8. The van der Waals surface area contributed by atoms with Crippen molar-refractivity contribution in [3.63, 3.8) is 0 Å². The van der Waals surface area contributed by atoms with Crippen LogP contribution in [0.15, 0.2) is 47.7 Å². The summed E-state index contributed by atoms with van der Waals surface area (Å²) in [5.74, 6) is 1.02. The summed E-state index contributed by atoms with van der Waals surface area (Å²) >= 11 is 6.23. The maximum absolute atomic E-state index is 13.5. The summed E-state index contributed by atoms with van der Waals surface area (Å²) in [7, 11) is 4.64. The van der Waals surface area contributed by atoms with Crippen LogP contribution in [0.2, 0.25) is 5.02 Å². The van der Waals surface area contributed by atoms with Gasteiger partial charge in [-0.05, 0) is 47.7 Å². The fraction of sp³-hybridized carbons (Fsp3) is 0.385. The van der Waals surface area contributed by atoms with E-state index in [1.54, 1.807) is 38.4 Å². The number of methoxy groups -OCH3 is 3. The third-order valence-corrected chi connectivity index (χ3v) is 6.53. The zero-order valence-electron chi connectivity index (χ0n) is 19.5. The van der Waals surface area contributed by atoms with Gasteiger partial charge in [0.2, 0.25) is 11.7 Å². The van der Waals surface area contributed by atoms with Crippen molar-refractivity contribution in [2.24, 2.45) is 5.41 Å². The maximum Gasteiger partial charge on any atom is 0.232 e.